The van der Waals surface area contributed by atoms with Gasteiger partial charge >= 0.3 is 0 Å². The SMILES string of the molecule is Cc1ccc(Br)cc1OCc1occc1CNC(C)C. The molecule has 4 heteroatoms. The van der Waals surface area contributed by atoms with E-state index in [4.69, 9.17) is 9.15 Å². The lowest BCUT2D eigenvalue weighted by molar-refractivity contribution is 0.266. The normalized spacial score (nSPS) is 11.1. The van der Waals surface area contributed by atoms with Crippen molar-refractivity contribution in [2.75, 3.05) is 0 Å². The van der Waals surface area contributed by atoms with Crippen LogP contribution in [0, 0.1) is 6.92 Å². The molecule has 0 bridgehead atoms. The highest BCUT2D eigenvalue weighted by atomic mass is 79.9. The van der Waals surface area contributed by atoms with Gasteiger partial charge in [-0.1, -0.05) is 35.8 Å². The molecule has 20 heavy (non-hydrogen) atoms. The number of hydrogen-bond donors (Lipinski definition) is 1. The van der Waals surface area contributed by atoms with E-state index in [0.29, 0.717) is 12.6 Å². The van der Waals surface area contributed by atoms with Gasteiger partial charge in [-0.3, -0.25) is 0 Å². The Hall–Kier alpha value is -1.26. The molecule has 0 fully saturated rings. The van der Waals surface area contributed by atoms with E-state index in [0.717, 1.165) is 33.7 Å². The van der Waals surface area contributed by atoms with Gasteiger partial charge in [-0.25, -0.2) is 0 Å². The molecule has 0 spiro atoms. The number of nitrogens with one attached hydrogen (secondary N) is 1. The van der Waals surface area contributed by atoms with Crippen molar-refractivity contribution >= 4 is 15.9 Å². The molecule has 1 aromatic carbocycles. The van der Waals surface area contributed by atoms with Crippen LogP contribution in [-0.4, -0.2) is 6.04 Å². The van der Waals surface area contributed by atoms with E-state index >= 15 is 0 Å². The molecule has 2 aromatic rings. The molecule has 0 unspecified atom stereocenters. The standard InChI is InChI=1S/C16H20BrNO2/c1-11(2)18-9-13-6-7-19-16(13)10-20-15-8-14(17)5-4-12(15)3/h4-8,11,18H,9-10H2,1-3H3. The van der Waals surface area contributed by atoms with Crippen molar-refractivity contribution in [3.05, 3.63) is 51.9 Å². The average molecular weight is 338 g/mol. The minimum atomic E-state index is 0.444. The summed E-state index contributed by atoms with van der Waals surface area (Å²) >= 11 is 3.46. The molecule has 0 aliphatic rings. The Kier molecular flexibility index (Phi) is 5.26. The molecule has 0 radical (unpaired) electrons. The second-order valence-electron chi connectivity index (χ2n) is 5.10. The van der Waals surface area contributed by atoms with Crippen LogP contribution in [0.3, 0.4) is 0 Å². The van der Waals surface area contributed by atoms with Gasteiger partial charge < -0.3 is 14.5 Å². The number of aryl methyl sites for hydroxylation is 1. The Morgan fingerprint density at radius 2 is 2.10 bits per heavy atom. The van der Waals surface area contributed by atoms with Gasteiger partial charge in [0.1, 0.15) is 18.1 Å². The van der Waals surface area contributed by atoms with Gasteiger partial charge in [0.05, 0.1) is 6.26 Å². The fraction of sp³-hybridized carbons (Fsp3) is 0.375. The van der Waals surface area contributed by atoms with Crippen molar-refractivity contribution in [2.24, 2.45) is 0 Å². The second-order valence-corrected chi connectivity index (χ2v) is 6.02. The monoisotopic (exact) mass is 337 g/mol. The summed E-state index contributed by atoms with van der Waals surface area (Å²) in [6.07, 6.45) is 1.71. The van der Waals surface area contributed by atoms with Crippen LogP contribution >= 0.6 is 15.9 Å². The van der Waals surface area contributed by atoms with Crippen LogP contribution < -0.4 is 10.1 Å². The van der Waals surface area contributed by atoms with E-state index in [-0.39, 0.29) is 0 Å². The summed E-state index contributed by atoms with van der Waals surface area (Å²) in [6.45, 7) is 7.52. The molecule has 0 aliphatic heterocycles. The maximum atomic E-state index is 5.86. The van der Waals surface area contributed by atoms with Crippen molar-refractivity contribution in [2.45, 2.75) is 40.0 Å². The van der Waals surface area contributed by atoms with Crippen molar-refractivity contribution < 1.29 is 9.15 Å². The Balaban J connectivity index is 2.00. The Labute approximate surface area is 128 Å². The predicted molar refractivity (Wildman–Crippen MR) is 83.9 cm³/mol. The zero-order chi connectivity index (χ0) is 14.5. The molecule has 1 aromatic heterocycles. The maximum Gasteiger partial charge on any atom is 0.146 e. The van der Waals surface area contributed by atoms with Gasteiger partial charge in [0.15, 0.2) is 0 Å². The van der Waals surface area contributed by atoms with E-state index in [1.807, 2.05) is 31.2 Å². The van der Waals surface area contributed by atoms with Crippen LogP contribution in [0.4, 0.5) is 0 Å². The van der Waals surface area contributed by atoms with Crippen molar-refractivity contribution in [3.63, 3.8) is 0 Å². The molecular weight excluding hydrogens is 318 g/mol. The third-order valence-electron chi connectivity index (χ3n) is 3.05. The Morgan fingerprint density at radius 1 is 1.30 bits per heavy atom. The third kappa shape index (κ3) is 4.12. The van der Waals surface area contributed by atoms with Crippen LogP contribution in [0.25, 0.3) is 0 Å². The predicted octanol–water partition coefficient (Wildman–Crippen LogP) is 4.43. The average Bonchev–Trinajstić information content (AvgIpc) is 2.85. The molecule has 0 atom stereocenters. The minimum absolute atomic E-state index is 0.444. The molecule has 0 saturated carbocycles. The van der Waals surface area contributed by atoms with Gasteiger partial charge in [0.2, 0.25) is 0 Å². The summed E-state index contributed by atoms with van der Waals surface area (Å²) in [7, 11) is 0. The molecule has 0 aliphatic carbocycles. The second kappa shape index (κ2) is 6.95. The van der Waals surface area contributed by atoms with Gasteiger partial charge in [-0.15, -0.1) is 0 Å². The molecule has 0 amide bonds. The fourth-order valence-corrected chi connectivity index (χ4v) is 2.18. The Morgan fingerprint density at radius 3 is 2.85 bits per heavy atom. The van der Waals surface area contributed by atoms with Crippen LogP contribution in [0.1, 0.15) is 30.7 Å². The quantitative estimate of drug-likeness (QED) is 0.846. The zero-order valence-electron chi connectivity index (χ0n) is 12.1. The van der Waals surface area contributed by atoms with Crippen molar-refractivity contribution in [1.82, 2.24) is 5.32 Å². The maximum absolute atomic E-state index is 5.86. The Bertz CT molecular complexity index is 563. The van der Waals surface area contributed by atoms with Crippen LogP contribution in [0.15, 0.2) is 39.4 Å². The molecule has 108 valence electrons. The molecular formula is C16H20BrNO2. The lowest BCUT2D eigenvalue weighted by Crippen LogP contribution is -2.22. The molecule has 2 rings (SSSR count). The number of furan rings is 1. The van der Waals surface area contributed by atoms with Crippen LogP contribution in [0.5, 0.6) is 5.75 Å². The first-order valence-corrected chi connectivity index (χ1v) is 7.53. The van der Waals surface area contributed by atoms with Crippen molar-refractivity contribution in [3.8, 4) is 5.75 Å². The molecule has 3 nitrogen and oxygen atoms in total. The van der Waals surface area contributed by atoms with Gasteiger partial charge in [-0.05, 0) is 30.7 Å². The van der Waals surface area contributed by atoms with Gasteiger partial charge in [0, 0.05) is 22.6 Å². The summed E-state index contributed by atoms with van der Waals surface area (Å²) in [4.78, 5) is 0. The number of rotatable bonds is 6. The first kappa shape index (κ1) is 15.1. The van der Waals surface area contributed by atoms with Crippen molar-refractivity contribution in [1.29, 1.82) is 0 Å². The molecule has 1 heterocycles. The number of benzene rings is 1. The highest BCUT2D eigenvalue weighted by Gasteiger charge is 2.09. The molecule has 0 saturated heterocycles. The largest absolute Gasteiger partial charge is 0.485 e. The highest BCUT2D eigenvalue weighted by molar-refractivity contribution is 9.10. The summed E-state index contributed by atoms with van der Waals surface area (Å²) in [5.41, 5.74) is 2.26. The van der Waals surface area contributed by atoms with Gasteiger partial charge in [0.25, 0.3) is 0 Å². The first-order valence-electron chi connectivity index (χ1n) is 6.74. The zero-order valence-corrected chi connectivity index (χ0v) is 13.7. The highest BCUT2D eigenvalue weighted by Crippen LogP contribution is 2.24. The minimum Gasteiger partial charge on any atom is -0.485 e. The third-order valence-corrected chi connectivity index (χ3v) is 3.54. The summed E-state index contributed by atoms with van der Waals surface area (Å²) < 4.78 is 12.4. The fourth-order valence-electron chi connectivity index (χ4n) is 1.84. The van der Waals surface area contributed by atoms with E-state index < -0.39 is 0 Å². The lowest BCUT2D eigenvalue weighted by Gasteiger charge is -2.11. The number of ether oxygens (including phenoxy) is 1. The summed E-state index contributed by atoms with van der Waals surface area (Å²) in [5.74, 6) is 1.75. The van der Waals surface area contributed by atoms with Gasteiger partial charge in [-0.2, -0.15) is 0 Å². The van der Waals surface area contributed by atoms with E-state index in [9.17, 15) is 0 Å². The van der Waals surface area contributed by atoms with E-state index in [1.165, 1.54) is 0 Å². The van der Waals surface area contributed by atoms with Crippen LogP contribution in [0.2, 0.25) is 0 Å². The summed E-state index contributed by atoms with van der Waals surface area (Å²) in [6, 6.07) is 8.45. The van der Waals surface area contributed by atoms with Crippen LogP contribution in [-0.2, 0) is 13.2 Å². The topological polar surface area (TPSA) is 34.4 Å². The lowest BCUT2D eigenvalue weighted by atomic mass is 10.2. The summed E-state index contributed by atoms with van der Waals surface area (Å²) in [5, 5.41) is 3.38. The molecule has 1 N–H and O–H groups in total. The number of hydrogen-bond acceptors (Lipinski definition) is 3. The first-order chi connectivity index (χ1) is 9.56. The smallest absolute Gasteiger partial charge is 0.146 e. The van der Waals surface area contributed by atoms with E-state index in [1.54, 1.807) is 6.26 Å². The van der Waals surface area contributed by atoms with E-state index in [2.05, 4.69) is 35.1 Å². The number of halogens is 1.